The predicted octanol–water partition coefficient (Wildman–Crippen LogP) is 2.64. The molecule has 0 aromatic heterocycles. The molecule has 0 bridgehead atoms. The second-order valence-corrected chi connectivity index (χ2v) is 3.69. The second-order valence-electron chi connectivity index (χ2n) is 3.69. The Bertz CT molecular complexity index is 133. The quantitative estimate of drug-likeness (QED) is 0.437. The molecule has 1 aliphatic heterocycles. The van der Waals surface area contributed by atoms with Gasteiger partial charge in [0, 0.05) is 13.1 Å². The Morgan fingerprint density at radius 2 is 1.33 bits per heavy atom. The Labute approximate surface area is 75.5 Å². The molecule has 12 heavy (non-hydrogen) atoms. The van der Waals surface area contributed by atoms with Crippen molar-refractivity contribution in [3.05, 3.63) is 0 Å². The minimum atomic E-state index is 0.747. The van der Waals surface area contributed by atoms with E-state index in [2.05, 4.69) is 4.90 Å². The van der Waals surface area contributed by atoms with E-state index in [4.69, 9.17) is 5.41 Å². The third kappa shape index (κ3) is 3.24. The molecule has 1 rings (SSSR count). The summed E-state index contributed by atoms with van der Waals surface area (Å²) in [5.74, 6) is 0.747. The summed E-state index contributed by atoms with van der Waals surface area (Å²) in [5.41, 5.74) is 0. The summed E-state index contributed by atoms with van der Waals surface area (Å²) in [7, 11) is 0. The van der Waals surface area contributed by atoms with Crippen LogP contribution >= 0.6 is 0 Å². The average molecular weight is 168 g/mol. The maximum atomic E-state index is 7.55. The van der Waals surface area contributed by atoms with E-state index >= 15 is 0 Å². The van der Waals surface area contributed by atoms with E-state index in [1.807, 2.05) is 6.92 Å². The zero-order valence-electron chi connectivity index (χ0n) is 8.10. The molecule has 0 unspecified atom stereocenters. The van der Waals surface area contributed by atoms with E-state index in [0.29, 0.717) is 0 Å². The molecule has 0 aromatic rings. The zero-order chi connectivity index (χ0) is 8.81. The summed E-state index contributed by atoms with van der Waals surface area (Å²) in [6, 6.07) is 0. The lowest BCUT2D eigenvalue weighted by atomic mass is 10.1. The molecular formula is C10H20N2. The molecule has 1 aliphatic rings. The first-order chi connectivity index (χ1) is 5.80. The highest BCUT2D eigenvalue weighted by Gasteiger charge is 2.06. The largest absolute Gasteiger partial charge is 0.361 e. The van der Waals surface area contributed by atoms with Gasteiger partial charge in [0.1, 0.15) is 0 Å². The first-order valence-corrected chi connectivity index (χ1v) is 5.11. The van der Waals surface area contributed by atoms with Crippen molar-refractivity contribution in [2.75, 3.05) is 13.1 Å². The fourth-order valence-electron chi connectivity index (χ4n) is 1.76. The van der Waals surface area contributed by atoms with Crippen LogP contribution in [0.2, 0.25) is 0 Å². The summed E-state index contributed by atoms with van der Waals surface area (Å²) >= 11 is 0. The van der Waals surface area contributed by atoms with Crippen LogP contribution in [0.4, 0.5) is 0 Å². The van der Waals surface area contributed by atoms with E-state index < -0.39 is 0 Å². The summed E-state index contributed by atoms with van der Waals surface area (Å²) in [6.07, 6.45) is 8.04. The van der Waals surface area contributed by atoms with Crippen LogP contribution in [0.25, 0.3) is 0 Å². The number of hydrogen-bond donors (Lipinski definition) is 1. The van der Waals surface area contributed by atoms with Gasteiger partial charge in [0.05, 0.1) is 5.84 Å². The van der Waals surface area contributed by atoms with Gasteiger partial charge in [-0.2, -0.15) is 0 Å². The molecule has 1 N–H and O–H groups in total. The fourth-order valence-corrected chi connectivity index (χ4v) is 1.76. The highest BCUT2D eigenvalue weighted by molar-refractivity contribution is 5.76. The minimum Gasteiger partial charge on any atom is -0.361 e. The van der Waals surface area contributed by atoms with Crippen LogP contribution in [0, 0.1) is 5.41 Å². The number of amidine groups is 1. The molecule has 0 radical (unpaired) electrons. The molecule has 2 heteroatoms. The van der Waals surface area contributed by atoms with E-state index in [-0.39, 0.29) is 0 Å². The molecule has 2 nitrogen and oxygen atoms in total. The van der Waals surface area contributed by atoms with Crippen molar-refractivity contribution in [2.24, 2.45) is 0 Å². The Kier molecular flexibility index (Phi) is 4.12. The molecule has 1 fully saturated rings. The maximum Gasteiger partial charge on any atom is 0.0925 e. The van der Waals surface area contributed by atoms with E-state index in [1.54, 1.807) is 0 Å². The third-order valence-corrected chi connectivity index (χ3v) is 2.58. The van der Waals surface area contributed by atoms with Gasteiger partial charge in [-0.1, -0.05) is 25.7 Å². The van der Waals surface area contributed by atoms with Gasteiger partial charge in [-0.25, -0.2) is 0 Å². The standard InChI is InChI=1S/C10H20N2/c1-10(11)12-8-6-4-2-3-5-7-9-12/h11H,2-9H2,1H3. The topological polar surface area (TPSA) is 27.1 Å². The SMILES string of the molecule is CC(=N)N1CCCCCCCC1. The average Bonchev–Trinajstić information content (AvgIpc) is 2.15. The number of nitrogens with one attached hydrogen (secondary N) is 1. The van der Waals surface area contributed by atoms with Crippen molar-refractivity contribution in [2.45, 2.75) is 45.4 Å². The Morgan fingerprint density at radius 1 is 0.917 bits per heavy atom. The molecule has 0 amide bonds. The highest BCUT2D eigenvalue weighted by atomic mass is 15.2. The van der Waals surface area contributed by atoms with Gasteiger partial charge in [0.2, 0.25) is 0 Å². The van der Waals surface area contributed by atoms with Crippen molar-refractivity contribution in [1.82, 2.24) is 4.90 Å². The van der Waals surface area contributed by atoms with Crippen LogP contribution in [-0.2, 0) is 0 Å². The van der Waals surface area contributed by atoms with Gasteiger partial charge in [-0.05, 0) is 19.8 Å². The van der Waals surface area contributed by atoms with Crippen LogP contribution in [0.15, 0.2) is 0 Å². The lowest BCUT2D eigenvalue weighted by Crippen LogP contribution is -2.29. The number of rotatable bonds is 0. The van der Waals surface area contributed by atoms with Crippen LogP contribution in [0.5, 0.6) is 0 Å². The van der Waals surface area contributed by atoms with Gasteiger partial charge in [0.25, 0.3) is 0 Å². The lowest BCUT2D eigenvalue weighted by molar-refractivity contribution is 0.401. The van der Waals surface area contributed by atoms with Crippen LogP contribution in [0.1, 0.15) is 45.4 Å². The van der Waals surface area contributed by atoms with Crippen molar-refractivity contribution < 1.29 is 0 Å². The summed E-state index contributed by atoms with van der Waals surface area (Å²) in [6.45, 7) is 4.11. The monoisotopic (exact) mass is 168 g/mol. The Balaban J connectivity index is 2.33. The van der Waals surface area contributed by atoms with Gasteiger partial charge >= 0.3 is 0 Å². The second kappa shape index (κ2) is 5.18. The van der Waals surface area contributed by atoms with Crippen LogP contribution < -0.4 is 0 Å². The highest BCUT2D eigenvalue weighted by Crippen LogP contribution is 2.10. The molecule has 0 aliphatic carbocycles. The van der Waals surface area contributed by atoms with Gasteiger partial charge < -0.3 is 4.90 Å². The van der Waals surface area contributed by atoms with Crippen LogP contribution in [0.3, 0.4) is 0 Å². The molecule has 0 spiro atoms. The smallest absolute Gasteiger partial charge is 0.0925 e. The van der Waals surface area contributed by atoms with Crippen molar-refractivity contribution in [1.29, 1.82) is 5.41 Å². The first-order valence-electron chi connectivity index (χ1n) is 5.11. The van der Waals surface area contributed by atoms with Crippen molar-refractivity contribution in [3.63, 3.8) is 0 Å². The van der Waals surface area contributed by atoms with E-state index in [9.17, 15) is 0 Å². The number of nitrogens with zero attached hydrogens (tertiary/aromatic N) is 1. The van der Waals surface area contributed by atoms with Crippen LogP contribution in [-0.4, -0.2) is 23.8 Å². The molecule has 0 saturated carbocycles. The third-order valence-electron chi connectivity index (χ3n) is 2.58. The summed E-state index contributed by atoms with van der Waals surface area (Å²) in [4.78, 5) is 2.21. The molecule has 0 aromatic carbocycles. The summed E-state index contributed by atoms with van der Waals surface area (Å²) < 4.78 is 0. The molecule has 70 valence electrons. The molecule has 1 saturated heterocycles. The molecular weight excluding hydrogens is 148 g/mol. The predicted molar refractivity (Wildman–Crippen MR) is 52.7 cm³/mol. The zero-order valence-corrected chi connectivity index (χ0v) is 8.10. The normalized spacial score (nSPS) is 20.9. The fraction of sp³-hybridized carbons (Fsp3) is 0.900. The lowest BCUT2D eigenvalue weighted by Gasteiger charge is -2.22. The van der Waals surface area contributed by atoms with Gasteiger partial charge in [-0.3, -0.25) is 5.41 Å². The minimum absolute atomic E-state index is 0.747. The molecule has 0 atom stereocenters. The number of hydrogen-bond acceptors (Lipinski definition) is 1. The van der Waals surface area contributed by atoms with Crippen molar-refractivity contribution in [3.8, 4) is 0 Å². The summed E-state index contributed by atoms with van der Waals surface area (Å²) in [5, 5.41) is 7.55. The van der Waals surface area contributed by atoms with Gasteiger partial charge in [-0.15, -0.1) is 0 Å². The van der Waals surface area contributed by atoms with E-state index in [0.717, 1.165) is 18.9 Å². The first kappa shape index (κ1) is 9.56. The van der Waals surface area contributed by atoms with E-state index in [1.165, 1.54) is 38.5 Å². The maximum absolute atomic E-state index is 7.55. The van der Waals surface area contributed by atoms with Crippen molar-refractivity contribution >= 4 is 5.84 Å². The Hall–Kier alpha value is -0.530. The Morgan fingerprint density at radius 3 is 1.75 bits per heavy atom. The van der Waals surface area contributed by atoms with Gasteiger partial charge in [0.15, 0.2) is 0 Å². The molecule has 1 heterocycles.